The Labute approximate surface area is 149 Å². The third-order valence-electron chi connectivity index (χ3n) is 5.23. The smallest absolute Gasteiger partial charge is 0.0867 e. The van der Waals surface area contributed by atoms with Gasteiger partial charge >= 0.3 is 0 Å². The number of likely N-dealkylation sites (N-methyl/N-ethyl adjacent to an activating group) is 1. The van der Waals surface area contributed by atoms with Gasteiger partial charge in [0.15, 0.2) is 0 Å². The number of nitrogens with zero attached hydrogens (tertiary/aromatic N) is 3. The molecule has 1 aliphatic rings. The fourth-order valence-electron chi connectivity index (χ4n) is 3.74. The number of benzene rings is 1. The predicted molar refractivity (Wildman–Crippen MR) is 104 cm³/mol. The molecule has 0 radical (unpaired) electrons. The van der Waals surface area contributed by atoms with Gasteiger partial charge in [0.25, 0.3) is 0 Å². The molecule has 3 heterocycles. The molecule has 25 heavy (non-hydrogen) atoms. The second kappa shape index (κ2) is 7.38. The molecular weight excluding hydrogens is 308 g/mol. The molecule has 130 valence electrons. The molecule has 0 saturated carbocycles. The summed E-state index contributed by atoms with van der Waals surface area (Å²) in [7, 11) is 2.21. The van der Waals surface area contributed by atoms with Crippen LogP contribution in [0.3, 0.4) is 0 Å². The van der Waals surface area contributed by atoms with Gasteiger partial charge in [-0.25, -0.2) is 0 Å². The van der Waals surface area contributed by atoms with E-state index >= 15 is 0 Å². The topological polar surface area (TPSA) is 35.2 Å². The highest BCUT2D eigenvalue weighted by Crippen LogP contribution is 2.30. The first-order chi connectivity index (χ1) is 12.3. The molecule has 4 heteroatoms. The summed E-state index contributed by atoms with van der Waals surface area (Å²) in [6.45, 7) is 5.93. The summed E-state index contributed by atoms with van der Waals surface area (Å²) in [5.74, 6) is 0. The predicted octanol–water partition coefficient (Wildman–Crippen LogP) is 3.41. The van der Waals surface area contributed by atoms with Crippen molar-refractivity contribution in [2.45, 2.75) is 12.8 Å². The van der Waals surface area contributed by atoms with Gasteiger partial charge in [-0.2, -0.15) is 0 Å². The van der Waals surface area contributed by atoms with Crippen molar-refractivity contribution in [3.05, 3.63) is 54.2 Å². The molecule has 0 unspecified atom stereocenters. The molecule has 1 aliphatic heterocycles. The van der Waals surface area contributed by atoms with Crippen molar-refractivity contribution in [1.82, 2.24) is 19.8 Å². The van der Waals surface area contributed by atoms with Crippen LogP contribution >= 0.6 is 0 Å². The number of pyridine rings is 1. The molecular formula is C21H26N4. The van der Waals surface area contributed by atoms with E-state index in [9.17, 15) is 0 Å². The molecule has 4 rings (SSSR count). The summed E-state index contributed by atoms with van der Waals surface area (Å²) in [6, 6.07) is 14.7. The van der Waals surface area contributed by atoms with E-state index < -0.39 is 0 Å². The van der Waals surface area contributed by atoms with Gasteiger partial charge in [0.2, 0.25) is 0 Å². The van der Waals surface area contributed by atoms with Crippen molar-refractivity contribution in [3.63, 3.8) is 0 Å². The van der Waals surface area contributed by atoms with E-state index in [1.54, 1.807) is 0 Å². The van der Waals surface area contributed by atoms with Crippen LogP contribution < -0.4 is 0 Å². The second-order valence-corrected chi connectivity index (χ2v) is 6.99. The number of fused-ring (bicyclic) bond motifs is 1. The number of para-hydroxylation sites is 1. The minimum atomic E-state index is 1.04. The van der Waals surface area contributed by atoms with Crippen LogP contribution in [0, 0.1) is 0 Å². The molecule has 1 aromatic carbocycles. The summed E-state index contributed by atoms with van der Waals surface area (Å²) in [6.07, 6.45) is 4.14. The van der Waals surface area contributed by atoms with Crippen LogP contribution in [0.4, 0.5) is 0 Å². The molecule has 2 aromatic heterocycles. The standard InChI is InChI=1S/C21H26N4/c1-24-13-15-25(16-14-24)12-6-8-18-17-7-2-3-9-19(17)23-21(18)20-10-4-5-11-22-20/h2-5,7,9-11,23H,6,8,12-16H2,1H3. The number of rotatable bonds is 5. The number of aromatic amines is 1. The van der Waals surface area contributed by atoms with E-state index in [4.69, 9.17) is 0 Å². The van der Waals surface area contributed by atoms with Crippen LogP contribution in [0.15, 0.2) is 48.7 Å². The van der Waals surface area contributed by atoms with E-state index in [1.165, 1.54) is 61.3 Å². The molecule has 1 saturated heterocycles. The Morgan fingerprint density at radius 1 is 1.00 bits per heavy atom. The highest BCUT2D eigenvalue weighted by Gasteiger charge is 2.16. The molecule has 1 N–H and O–H groups in total. The lowest BCUT2D eigenvalue weighted by Crippen LogP contribution is -2.44. The lowest BCUT2D eigenvalue weighted by Gasteiger charge is -2.32. The van der Waals surface area contributed by atoms with Gasteiger partial charge in [-0.3, -0.25) is 4.98 Å². The molecule has 4 nitrogen and oxygen atoms in total. The minimum Gasteiger partial charge on any atom is -0.353 e. The molecule has 0 bridgehead atoms. The van der Waals surface area contributed by atoms with Crippen molar-refractivity contribution in [2.75, 3.05) is 39.8 Å². The van der Waals surface area contributed by atoms with Gasteiger partial charge in [-0.15, -0.1) is 0 Å². The number of hydrogen-bond acceptors (Lipinski definition) is 3. The lowest BCUT2D eigenvalue weighted by atomic mass is 10.0. The maximum Gasteiger partial charge on any atom is 0.0867 e. The average Bonchev–Trinajstić information content (AvgIpc) is 3.03. The zero-order valence-corrected chi connectivity index (χ0v) is 14.9. The largest absolute Gasteiger partial charge is 0.353 e. The van der Waals surface area contributed by atoms with Crippen LogP contribution in [0.1, 0.15) is 12.0 Å². The Bertz CT molecular complexity index is 816. The van der Waals surface area contributed by atoms with Crippen molar-refractivity contribution >= 4 is 10.9 Å². The van der Waals surface area contributed by atoms with Crippen molar-refractivity contribution in [3.8, 4) is 11.4 Å². The number of aromatic nitrogens is 2. The Hall–Kier alpha value is -2.17. The van der Waals surface area contributed by atoms with Crippen LogP contribution in [-0.2, 0) is 6.42 Å². The molecule has 0 aliphatic carbocycles. The van der Waals surface area contributed by atoms with Gasteiger partial charge in [0, 0.05) is 43.3 Å². The summed E-state index contributed by atoms with van der Waals surface area (Å²) in [4.78, 5) is 13.2. The molecule has 1 fully saturated rings. The zero-order chi connectivity index (χ0) is 17.1. The fourth-order valence-corrected chi connectivity index (χ4v) is 3.74. The normalized spacial score (nSPS) is 16.5. The van der Waals surface area contributed by atoms with Gasteiger partial charge in [0.05, 0.1) is 11.4 Å². The quantitative estimate of drug-likeness (QED) is 0.776. The van der Waals surface area contributed by atoms with E-state index in [0.717, 1.165) is 12.1 Å². The van der Waals surface area contributed by atoms with E-state index in [0.29, 0.717) is 0 Å². The van der Waals surface area contributed by atoms with Gasteiger partial charge in [-0.05, 0) is 50.2 Å². The Morgan fingerprint density at radius 3 is 2.60 bits per heavy atom. The minimum absolute atomic E-state index is 1.04. The Balaban J connectivity index is 1.53. The highest BCUT2D eigenvalue weighted by molar-refractivity contribution is 5.90. The van der Waals surface area contributed by atoms with Crippen LogP contribution in [0.25, 0.3) is 22.3 Å². The molecule has 0 spiro atoms. The maximum absolute atomic E-state index is 4.56. The first-order valence-corrected chi connectivity index (χ1v) is 9.23. The number of hydrogen-bond donors (Lipinski definition) is 1. The molecule has 0 atom stereocenters. The summed E-state index contributed by atoms with van der Waals surface area (Å²) < 4.78 is 0. The Kier molecular flexibility index (Phi) is 4.81. The van der Waals surface area contributed by atoms with E-state index in [1.807, 2.05) is 12.3 Å². The van der Waals surface area contributed by atoms with Crippen molar-refractivity contribution in [1.29, 1.82) is 0 Å². The van der Waals surface area contributed by atoms with E-state index in [2.05, 4.69) is 63.2 Å². The van der Waals surface area contributed by atoms with E-state index in [-0.39, 0.29) is 0 Å². The average molecular weight is 334 g/mol. The van der Waals surface area contributed by atoms with Gasteiger partial charge in [0.1, 0.15) is 0 Å². The first-order valence-electron chi connectivity index (χ1n) is 9.23. The number of H-pyrrole nitrogens is 1. The van der Waals surface area contributed by atoms with Crippen LogP contribution in [0.2, 0.25) is 0 Å². The van der Waals surface area contributed by atoms with Crippen LogP contribution in [0.5, 0.6) is 0 Å². The third-order valence-corrected chi connectivity index (χ3v) is 5.23. The fraction of sp³-hybridized carbons (Fsp3) is 0.381. The van der Waals surface area contributed by atoms with Crippen LogP contribution in [-0.4, -0.2) is 59.5 Å². The van der Waals surface area contributed by atoms with Gasteiger partial charge < -0.3 is 14.8 Å². The molecule has 3 aromatic rings. The monoisotopic (exact) mass is 334 g/mol. The number of aryl methyl sites for hydroxylation is 1. The summed E-state index contributed by atoms with van der Waals surface area (Å²) in [5.41, 5.74) is 4.83. The van der Waals surface area contributed by atoms with Crippen molar-refractivity contribution in [2.24, 2.45) is 0 Å². The van der Waals surface area contributed by atoms with Gasteiger partial charge in [-0.1, -0.05) is 24.3 Å². The third kappa shape index (κ3) is 3.60. The highest BCUT2D eigenvalue weighted by atomic mass is 15.2. The summed E-state index contributed by atoms with van der Waals surface area (Å²) >= 11 is 0. The second-order valence-electron chi connectivity index (χ2n) is 6.99. The maximum atomic E-state index is 4.56. The first kappa shape index (κ1) is 16.3. The molecule has 0 amide bonds. The number of piperazine rings is 1. The SMILES string of the molecule is CN1CCN(CCCc2c(-c3ccccn3)[nH]c3ccccc23)CC1. The zero-order valence-electron chi connectivity index (χ0n) is 14.9. The van der Waals surface area contributed by atoms with Crippen molar-refractivity contribution < 1.29 is 0 Å². The summed E-state index contributed by atoms with van der Waals surface area (Å²) in [5, 5.41) is 1.33. The lowest BCUT2D eigenvalue weighted by molar-refractivity contribution is 0.153. The Morgan fingerprint density at radius 2 is 1.80 bits per heavy atom. The number of nitrogens with one attached hydrogen (secondary N) is 1.